The summed E-state index contributed by atoms with van der Waals surface area (Å²) in [6.07, 6.45) is 42.9. The molecule has 1 aromatic rings. The number of unbranched alkanes of at least 4 members (excludes halogenated alkanes) is 26. The van der Waals surface area contributed by atoms with E-state index in [2.05, 4.69) is 45.0 Å². The number of benzene rings is 1. The Morgan fingerprint density at radius 3 is 1.12 bits per heavy atom. The Hall–Kier alpha value is -0.780. The fraction of sp³-hybridized carbons (Fsp3) is 0.825. The van der Waals surface area contributed by atoms with Crippen molar-refractivity contribution in [3.63, 3.8) is 0 Å². The van der Waals surface area contributed by atoms with Crippen LogP contribution in [0.1, 0.15) is 218 Å². The van der Waals surface area contributed by atoms with Crippen LogP contribution in [0.2, 0.25) is 0 Å². The van der Waals surface area contributed by atoms with Gasteiger partial charge in [-0.1, -0.05) is 218 Å². The maximum absolute atomic E-state index is 2.40. The largest absolute Gasteiger partial charge is 0.0654 e. The third kappa shape index (κ3) is 22.9. The molecule has 0 unspecified atom stereocenters. The average Bonchev–Trinajstić information content (AvgIpc) is 2.97. The molecule has 1 aromatic carbocycles. The molecule has 0 heterocycles. The molecule has 0 nitrogen and oxygen atoms in total. The summed E-state index contributed by atoms with van der Waals surface area (Å²) in [7, 11) is 0. The Labute approximate surface area is 254 Å². The molecule has 0 saturated heterocycles. The molecular weight excluding hydrogens is 480 g/mol. The molecule has 0 amide bonds. The molecule has 0 spiro atoms. The van der Waals surface area contributed by atoms with Gasteiger partial charge in [-0.05, 0) is 30.4 Å². The number of aryl methyl sites for hydroxylation is 1. The van der Waals surface area contributed by atoms with E-state index in [0.717, 1.165) is 0 Å². The first-order valence-corrected chi connectivity index (χ1v) is 18.7. The predicted molar refractivity (Wildman–Crippen MR) is 183 cm³/mol. The van der Waals surface area contributed by atoms with Crippen LogP contribution in [0.15, 0.2) is 24.3 Å². The molecule has 0 N–H and O–H groups in total. The lowest BCUT2D eigenvalue weighted by Gasteiger charge is -2.16. The van der Waals surface area contributed by atoms with E-state index in [1.165, 1.54) is 193 Å². The van der Waals surface area contributed by atoms with Crippen LogP contribution in [0.3, 0.4) is 0 Å². The smallest absolute Gasteiger partial charge is 0.00217 e. The minimum absolute atomic E-state index is 1.27. The lowest BCUT2D eigenvalue weighted by molar-refractivity contribution is 0.533. The number of rotatable bonds is 31. The second-order valence-corrected chi connectivity index (χ2v) is 13.1. The van der Waals surface area contributed by atoms with Crippen molar-refractivity contribution in [3.05, 3.63) is 41.3 Å². The van der Waals surface area contributed by atoms with E-state index in [1.54, 1.807) is 17.0 Å². The normalized spacial score (nSPS) is 11.6. The Morgan fingerprint density at radius 1 is 0.400 bits per heavy atom. The molecule has 0 aromatic heterocycles. The summed E-state index contributed by atoms with van der Waals surface area (Å²) in [5.74, 6) is 1.62. The van der Waals surface area contributed by atoms with Gasteiger partial charge in [-0.3, -0.25) is 0 Å². The minimum Gasteiger partial charge on any atom is -0.0654 e. The predicted octanol–water partition coefficient (Wildman–Crippen LogP) is 14.5. The van der Waals surface area contributed by atoms with Crippen molar-refractivity contribution in [1.82, 2.24) is 0 Å². The maximum Gasteiger partial charge on any atom is 0.00217 e. The first-order chi connectivity index (χ1) is 19.8. The summed E-state index contributed by atoms with van der Waals surface area (Å²) in [6.45, 7) is 7.01. The van der Waals surface area contributed by atoms with Gasteiger partial charge in [0.2, 0.25) is 0 Å². The van der Waals surface area contributed by atoms with Crippen LogP contribution >= 0.6 is 0 Å². The molecule has 0 fully saturated rings. The van der Waals surface area contributed by atoms with Crippen molar-refractivity contribution in [2.24, 2.45) is 0 Å². The molecule has 0 saturated carbocycles. The molecule has 233 valence electrons. The molecule has 0 bridgehead atoms. The zero-order valence-corrected chi connectivity index (χ0v) is 28.0. The molecule has 1 radical (unpaired) electrons. The van der Waals surface area contributed by atoms with Crippen LogP contribution in [-0.4, -0.2) is 0 Å². The van der Waals surface area contributed by atoms with Crippen LogP contribution in [0.5, 0.6) is 0 Å². The van der Waals surface area contributed by atoms with Crippen molar-refractivity contribution in [2.45, 2.75) is 213 Å². The molecule has 40 heavy (non-hydrogen) atoms. The summed E-state index contributed by atoms with van der Waals surface area (Å²) < 4.78 is 0. The highest BCUT2D eigenvalue weighted by Crippen LogP contribution is 2.26. The van der Waals surface area contributed by atoms with Crippen molar-refractivity contribution in [2.75, 3.05) is 0 Å². The first kappa shape index (κ1) is 37.2. The fourth-order valence-electron chi connectivity index (χ4n) is 6.38. The topological polar surface area (TPSA) is 0 Å². The third-order valence-corrected chi connectivity index (χ3v) is 9.18. The Bertz CT molecular complexity index is 616. The lowest BCUT2D eigenvalue weighted by atomic mass is 9.89. The number of hydrogen-bond donors (Lipinski definition) is 0. The van der Waals surface area contributed by atoms with E-state index in [4.69, 9.17) is 0 Å². The maximum atomic E-state index is 2.40. The Balaban J connectivity index is 1.99. The second kappa shape index (κ2) is 29.7. The lowest BCUT2D eigenvalue weighted by Crippen LogP contribution is -2.01. The standard InChI is InChI=1S/C40H73/c1-4-6-8-10-12-14-16-18-20-22-24-26-28-30-34-38(3)40-37-33-32-36-39(40)35-31-29-27-25-23-21-19-17-15-13-11-9-7-5-2/h32-33,36-37H,4-31,34-35H2,1-3H3. The van der Waals surface area contributed by atoms with Gasteiger partial charge in [0.15, 0.2) is 0 Å². The highest BCUT2D eigenvalue weighted by molar-refractivity contribution is 5.37. The van der Waals surface area contributed by atoms with Crippen molar-refractivity contribution in [3.8, 4) is 0 Å². The van der Waals surface area contributed by atoms with E-state index in [-0.39, 0.29) is 0 Å². The molecule has 0 aliphatic carbocycles. The van der Waals surface area contributed by atoms with Gasteiger partial charge < -0.3 is 0 Å². The molecule has 0 aliphatic rings. The minimum atomic E-state index is 1.27. The molecule has 1 rings (SSSR count). The van der Waals surface area contributed by atoms with Crippen molar-refractivity contribution in [1.29, 1.82) is 0 Å². The average molecular weight is 554 g/mol. The first-order valence-electron chi connectivity index (χ1n) is 18.7. The van der Waals surface area contributed by atoms with E-state index in [9.17, 15) is 0 Å². The quantitative estimate of drug-likeness (QED) is 0.0802. The van der Waals surface area contributed by atoms with E-state index >= 15 is 0 Å². The van der Waals surface area contributed by atoms with Gasteiger partial charge >= 0.3 is 0 Å². The zero-order valence-electron chi connectivity index (χ0n) is 28.0. The van der Waals surface area contributed by atoms with Crippen LogP contribution in [0.4, 0.5) is 0 Å². The summed E-state index contributed by atoms with van der Waals surface area (Å²) >= 11 is 0. The van der Waals surface area contributed by atoms with Gasteiger partial charge in [-0.25, -0.2) is 0 Å². The van der Waals surface area contributed by atoms with Crippen LogP contribution in [0.25, 0.3) is 0 Å². The van der Waals surface area contributed by atoms with Crippen LogP contribution < -0.4 is 0 Å². The SMILES string of the molecule is CCCCCCCCCCCCCCCC[C](C)c1ccccc1CCCCCCCCCCCCCCCC. The van der Waals surface area contributed by atoms with Crippen LogP contribution in [0, 0.1) is 5.92 Å². The van der Waals surface area contributed by atoms with Gasteiger partial charge in [-0.15, -0.1) is 0 Å². The van der Waals surface area contributed by atoms with Crippen LogP contribution in [-0.2, 0) is 6.42 Å². The monoisotopic (exact) mass is 554 g/mol. The van der Waals surface area contributed by atoms with Gasteiger partial charge in [0.05, 0.1) is 0 Å². The second-order valence-electron chi connectivity index (χ2n) is 13.1. The van der Waals surface area contributed by atoms with Gasteiger partial charge in [0.25, 0.3) is 0 Å². The van der Waals surface area contributed by atoms with Crippen molar-refractivity contribution >= 4 is 0 Å². The summed E-state index contributed by atoms with van der Waals surface area (Å²) in [4.78, 5) is 0. The van der Waals surface area contributed by atoms with Crippen molar-refractivity contribution < 1.29 is 0 Å². The summed E-state index contributed by atoms with van der Waals surface area (Å²) in [5, 5.41) is 0. The summed E-state index contributed by atoms with van der Waals surface area (Å²) in [5.41, 5.74) is 3.16. The number of hydrogen-bond acceptors (Lipinski definition) is 0. The third-order valence-electron chi connectivity index (χ3n) is 9.18. The van der Waals surface area contributed by atoms with E-state index in [0.29, 0.717) is 0 Å². The highest BCUT2D eigenvalue weighted by Gasteiger charge is 2.10. The Morgan fingerprint density at radius 2 is 0.725 bits per heavy atom. The molecular formula is C40H73. The highest BCUT2D eigenvalue weighted by atomic mass is 14.2. The van der Waals surface area contributed by atoms with Gasteiger partial charge in [0, 0.05) is 5.92 Å². The molecule has 0 heteroatoms. The van der Waals surface area contributed by atoms with E-state index < -0.39 is 0 Å². The van der Waals surface area contributed by atoms with Gasteiger partial charge in [0.1, 0.15) is 0 Å². The fourth-order valence-corrected chi connectivity index (χ4v) is 6.38. The molecule has 0 aliphatic heterocycles. The summed E-state index contributed by atoms with van der Waals surface area (Å²) in [6, 6.07) is 9.28. The van der Waals surface area contributed by atoms with Gasteiger partial charge in [-0.2, -0.15) is 0 Å². The van der Waals surface area contributed by atoms with E-state index in [1.807, 2.05) is 0 Å². The Kier molecular flexibility index (Phi) is 27.7. The zero-order chi connectivity index (χ0) is 28.8. The molecule has 0 atom stereocenters.